The number of nitro benzene ring substituents is 1. The molecule has 0 bridgehead atoms. The molecule has 1 rings (SSSR count). The molecule has 0 spiro atoms. The average Bonchev–Trinajstić information content (AvgIpc) is 2.27. The number of hydrogen-bond acceptors (Lipinski definition) is 3. The zero-order valence-electron chi connectivity index (χ0n) is 7.84. The number of carboxylic acids is 1. The molecule has 1 aromatic rings. The number of aliphatic carboxylic acids is 1. The molecule has 0 heterocycles. The maximum atomic E-state index is 10.7. The van der Waals surface area contributed by atoms with E-state index >= 15 is 0 Å². The number of alkyl halides is 2. The van der Waals surface area contributed by atoms with Crippen molar-refractivity contribution in [2.24, 2.45) is 0 Å². The van der Waals surface area contributed by atoms with Gasteiger partial charge >= 0.3 is 5.97 Å². The van der Waals surface area contributed by atoms with Gasteiger partial charge in [0, 0.05) is 12.1 Å². The van der Waals surface area contributed by atoms with Crippen molar-refractivity contribution >= 4 is 43.5 Å². The topological polar surface area (TPSA) is 80.4 Å². The lowest BCUT2D eigenvalue weighted by Gasteiger charge is -2.12. The molecule has 86 valence electrons. The minimum atomic E-state index is -1.03. The summed E-state index contributed by atoms with van der Waals surface area (Å²) in [6, 6.07) is 5.84. The fourth-order valence-electron chi connectivity index (χ4n) is 1.10. The summed E-state index contributed by atoms with van der Waals surface area (Å²) in [6.45, 7) is 0. The lowest BCUT2D eigenvalue weighted by Crippen LogP contribution is -2.17. The Bertz CT molecular complexity index is 424. The Balaban J connectivity index is 3.00. The van der Waals surface area contributed by atoms with E-state index in [2.05, 4.69) is 31.9 Å². The lowest BCUT2D eigenvalue weighted by atomic mass is 10.1. The van der Waals surface area contributed by atoms with E-state index in [9.17, 15) is 14.9 Å². The van der Waals surface area contributed by atoms with Crippen LogP contribution in [-0.2, 0) is 4.79 Å². The molecule has 7 heteroatoms. The fraction of sp³-hybridized carbons (Fsp3) is 0.222. The number of non-ortho nitro benzene ring substituents is 1. The number of halogens is 2. The van der Waals surface area contributed by atoms with Gasteiger partial charge in [-0.05, 0) is 5.56 Å². The Morgan fingerprint density at radius 1 is 1.44 bits per heavy atom. The zero-order chi connectivity index (χ0) is 12.3. The Morgan fingerprint density at radius 2 is 2.06 bits per heavy atom. The van der Waals surface area contributed by atoms with Crippen molar-refractivity contribution in [3.8, 4) is 0 Å². The first kappa shape index (κ1) is 13.1. The molecule has 0 unspecified atom stereocenters. The highest BCUT2D eigenvalue weighted by Gasteiger charge is 2.25. The molecule has 1 N–H and O–H groups in total. The average molecular weight is 353 g/mol. The summed E-state index contributed by atoms with van der Waals surface area (Å²) in [5.74, 6) is -1.03. The van der Waals surface area contributed by atoms with Gasteiger partial charge in [-0.2, -0.15) is 0 Å². The Kier molecular flexibility index (Phi) is 4.43. The predicted molar refractivity (Wildman–Crippen MR) is 65.1 cm³/mol. The van der Waals surface area contributed by atoms with Crippen LogP contribution in [0, 0.1) is 10.1 Å². The smallest absolute Gasteiger partial charge is 0.318 e. The largest absolute Gasteiger partial charge is 0.480 e. The van der Waals surface area contributed by atoms with E-state index in [0.29, 0.717) is 5.56 Å². The van der Waals surface area contributed by atoms with E-state index in [1.807, 2.05) is 0 Å². The van der Waals surface area contributed by atoms with Crippen LogP contribution in [-0.4, -0.2) is 20.8 Å². The summed E-state index contributed by atoms with van der Waals surface area (Å²) in [7, 11) is 0. The van der Waals surface area contributed by atoms with Gasteiger partial charge < -0.3 is 5.11 Å². The maximum absolute atomic E-state index is 10.7. The van der Waals surface area contributed by atoms with Crippen molar-refractivity contribution in [2.75, 3.05) is 0 Å². The van der Waals surface area contributed by atoms with Crippen molar-refractivity contribution in [3.63, 3.8) is 0 Å². The van der Waals surface area contributed by atoms with E-state index in [4.69, 9.17) is 5.11 Å². The van der Waals surface area contributed by atoms with Crippen LogP contribution in [0.15, 0.2) is 24.3 Å². The molecule has 0 aromatic heterocycles. The van der Waals surface area contributed by atoms with Crippen LogP contribution >= 0.6 is 31.9 Å². The van der Waals surface area contributed by atoms with Crippen LogP contribution < -0.4 is 0 Å². The van der Waals surface area contributed by atoms with E-state index < -0.39 is 20.5 Å². The van der Waals surface area contributed by atoms with Gasteiger partial charge in [-0.3, -0.25) is 14.9 Å². The fourth-order valence-corrected chi connectivity index (χ4v) is 1.92. The first-order valence-corrected chi connectivity index (χ1v) is 6.02. The Hall–Kier alpha value is -0.950. The SMILES string of the molecule is O=C(O)[C@@H](Br)[C@H](Br)c1cccc([N+](=O)[O-])c1. The van der Waals surface area contributed by atoms with E-state index in [1.165, 1.54) is 18.2 Å². The predicted octanol–water partition coefficient (Wildman–Crippen LogP) is 2.88. The second-order valence-electron chi connectivity index (χ2n) is 2.99. The van der Waals surface area contributed by atoms with Crippen LogP contribution in [0.4, 0.5) is 5.69 Å². The Morgan fingerprint density at radius 3 is 2.56 bits per heavy atom. The van der Waals surface area contributed by atoms with Gasteiger partial charge in [-0.15, -0.1) is 0 Å². The highest BCUT2D eigenvalue weighted by atomic mass is 79.9. The minimum Gasteiger partial charge on any atom is -0.480 e. The Labute approximate surface area is 108 Å². The second kappa shape index (κ2) is 5.40. The molecular formula is C9H7Br2NO4. The molecule has 0 fully saturated rings. The van der Waals surface area contributed by atoms with Gasteiger partial charge in [0.15, 0.2) is 0 Å². The van der Waals surface area contributed by atoms with Gasteiger partial charge in [-0.25, -0.2) is 0 Å². The van der Waals surface area contributed by atoms with Gasteiger partial charge in [0.1, 0.15) is 4.83 Å². The summed E-state index contributed by atoms with van der Waals surface area (Å²) >= 11 is 6.17. The first-order chi connectivity index (χ1) is 7.43. The van der Waals surface area contributed by atoms with Gasteiger partial charge in [0.05, 0.1) is 9.75 Å². The molecule has 5 nitrogen and oxygen atoms in total. The molecule has 2 atom stereocenters. The molecule has 0 radical (unpaired) electrons. The molecule has 0 saturated heterocycles. The van der Waals surface area contributed by atoms with Crippen molar-refractivity contribution < 1.29 is 14.8 Å². The number of hydrogen-bond donors (Lipinski definition) is 1. The molecule has 0 aliphatic carbocycles. The summed E-state index contributed by atoms with van der Waals surface area (Å²) in [6.07, 6.45) is 0. The van der Waals surface area contributed by atoms with Crippen molar-refractivity contribution in [3.05, 3.63) is 39.9 Å². The van der Waals surface area contributed by atoms with E-state index in [-0.39, 0.29) is 5.69 Å². The quantitative estimate of drug-likeness (QED) is 0.513. The molecule has 0 aliphatic rings. The highest BCUT2D eigenvalue weighted by molar-refractivity contribution is 9.12. The van der Waals surface area contributed by atoms with Crippen LogP contribution in [0.5, 0.6) is 0 Å². The molecule has 0 aliphatic heterocycles. The van der Waals surface area contributed by atoms with Crippen LogP contribution in [0.3, 0.4) is 0 Å². The summed E-state index contributed by atoms with van der Waals surface area (Å²) in [5, 5.41) is 19.3. The third kappa shape index (κ3) is 3.02. The highest BCUT2D eigenvalue weighted by Crippen LogP contribution is 2.32. The lowest BCUT2D eigenvalue weighted by molar-refractivity contribution is -0.384. The number of nitrogens with zero attached hydrogens (tertiary/aromatic N) is 1. The van der Waals surface area contributed by atoms with Crippen LogP contribution in [0.25, 0.3) is 0 Å². The second-order valence-corrected chi connectivity index (χ2v) is 4.97. The van der Waals surface area contributed by atoms with Gasteiger partial charge in [-0.1, -0.05) is 44.0 Å². The maximum Gasteiger partial charge on any atom is 0.318 e. The summed E-state index contributed by atoms with van der Waals surface area (Å²) < 4.78 is 0. The number of carbonyl (C=O) groups is 1. The molecule has 1 aromatic carbocycles. The summed E-state index contributed by atoms with van der Waals surface area (Å²) in [5.41, 5.74) is 0.477. The van der Waals surface area contributed by atoms with Crippen molar-refractivity contribution in [1.82, 2.24) is 0 Å². The molecule has 16 heavy (non-hydrogen) atoms. The zero-order valence-corrected chi connectivity index (χ0v) is 11.0. The summed E-state index contributed by atoms with van der Waals surface area (Å²) in [4.78, 5) is 19.4. The number of nitro groups is 1. The molecular weight excluding hydrogens is 346 g/mol. The first-order valence-electron chi connectivity index (χ1n) is 4.18. The van der Waals surface area contributed by atoms with Gasteiger partial charge in [0.2, 0.25) is 0 Å². The number of carboxylic acid groups (broad SMARTS) is 1. The third-order valence-electron chi connectivity index (χ3n) is 1.89. The van der Waals surface area contributed by atoms with Crippen molar-refractivity contribution in [2.45, 2.75) is 9.65 Å². The van der Waals surface area contributed by atoms with Crippen LogP contribution in [0.2, 0.25) is 0 Å². The number of benzene rings is 1. The minimum absolute atomic E-state index is 0.0629. The monoisotopic (exact) mass is 351 g/mol. The molecule has 0 amide bonds. The third-order valence-corrected chi connectivity index (χ3v) is 4.58. The van der Waals surface area contributed by atoms with Gasteiger partial charge in [0.25, 0.3) is 5.69 Å². The van der Waals surface area contributed by atoms with Crippen molar-refractivity contribution in [1.29, 1.82) is 0 Å². The standard InChI is InChI=1S/C9H7Br2NO4/c10-7(8(11)9(13)14)5-2-1-3-6(4-5)12(15)16/h1-4,7-8H,(H,13,14)/t7-,8+/m1/s1. The normalized spacial score (nSPS) is 14.1. The number of rotatable bonds is 4. The van der Waals surface area contributed by atoms with Crippen LogP contribution in [0.1, 0.15) is 10.4 Å². The van der Waals surface area contributed by atoms with E-state index in [0.717, 1.165) is 0 Å². The van der Waals surface area contributed by atoms with E-state index in [1.54, 1.807) is 6.07 Å². The molecule has 0 saturated carbocycles.